The summed E-state index contributed by atoms with van der Waals surface area (Å²) in [6.07, 6.45) is 2.02. The molecule has 1 atom stereocenters. The molecule has 2 heterocycles. The van der Waals surface area contributed by atoms with E-state index in [1.165, 1.54) is 5.56 Å². The molecule has 1 saturated heterocycles. The minimum absolute atomic E-state index is 0.0123. The quantitative estimate of drug-likeness (QED) is 0.795. The molecule has 0 saturated carbocycles. The Morgan fingerprint density at radius 3 is 2.76 bits per heavy atom. The van der Waals surface area contributed by atoms with Crippen LogP contribution in [0.2, 0.25) is 0 Å². The molecule has 0 N–H and O–H groups in total. The van der Waals surface area contributed by atoms with E-state index in [0.717, 1.165) is 25.0 Å². The summed E-state index contributed by atoms with van der Waals surface area (Å²) in [7, 11) is 0. The summed E-state index contributed by atoms with van der Waals surface area (Å²) < 4.78 is 10.8. The van der Waals surface area contributed by atoms with Gasteiger partial charge in [0.15, 0.2) is 0 Å². The number of nitrogens with zero attached hydrogens (tertiary/aromatic N) is 2. The topological polar surface area (TPSA) is 48.2 Å². The van der Waals surface area contributed by atoms with E-state index in [-0.39, 0.29) is 6.10 Å². The van der Waals surface area contributed by atoms with E-state index in [1.807, 2.05) is 24.3 Å². The highest BCUT2D eigenvalue weighted by molar-refractivity contribution is 5.54. The fraction of sp³-hybridized carbons (Fsp3) is 0.385. The van der Waals surface area contributed by atoms with Gasteiger partial charge in [0.05, 0.1) is 0 Å². The molecule has 1 aromatic heterocycles. The number of hydrogen-bond acceptors (Lipinski definition) is 4. The van der Waals surface area contributed by atoms with Crippen LogP contribution in [0.1, 0.15) is 30.4 Å². The average Bonchev–Trinajstić information content (AvgIpc) is 3.00. The Bertz CT molecular complexity index is 498. The summed E-state index contributed by atoms with van der Waals surface area (Å²) in [6.45, 7) is 2.84. The van der Waals surface area contributed by atoms with Crippen LogP contribution in [0.25, 0.3) is 11.4 Å². The molecule has 1 aliphatic heterocycles. The van der Waals surface area contributed by atoms with Gasteiger partial charge in [-0.3, -0.25) is 0 Å². The van der Waals surface area contributed by atoms with Gasteiger partial charge in [0.25, 0.3) is 5.89 Å². The first-order valence-corrected chi connectivity index (χ1v) is 5.85. The number of benzene rings is 1. The van der Waals surface area contributed by atoms with Crippen molar-refractivity contribution in [1.29, 1.82) is 0 Å². The van der Waals surface area contributed by atoms with Gasteiger partial charge >= 0.3 is 0 Å². The summed E-state index contributed by atoms with van der Waals surface area (Å²) >= 11 is 0. The van der Waals surface area contributed by atoms with Crippen molar-refractivity contribution in [3.8, 4) is 11.4 Å². The fourth-order valence-corrected chi connectivity index (χ4v) is 1.96. The van der Waals surface area contributed by atoms with Crippen molar-refractivity contribution < 1.29 is 9.26 Å². The lowest BCUT2D eigenvalue weighted by Gasteiger charge is -2.00. The van der Waals surface area contributed by atoms with Gasteiger partial charge in [-0.25, -0.2) is 0 Å². The van der Waals surface area contributed by atoms with E-state index in [0.29, 0.717) is 11.7 Å². The Hall–Kier alpha value is -1.68. The highest BCUT2D eigenvalue weighted by Crippen LogP contribution is 2.28. The maximum absolute atomic E-state index is 5.51. The van der Waals surface area contributed by atoms with Gasteiger partial charge in [0.2, 0.25) is 5.82 Å². The Kier molecular flexibility index (Phi) is 2.65. The predicted molar refractivity (Wildman–Crippen MR) is 62.4 cm³/mol. The Labute approximate surface area is 99.6 Å². The monoisotopic (exact) mass is 230 g/mol. The van der Waals surface area contributed by atoms with Crippen LogP contribution in [0.5, 0.6) is 0 Å². The van der Waals surface area contributed by atoms with Gasteiger partial charge in [-0.15, -0.1) is 0 Å². The Balaban J connectivity index is 1.86. The van der Waals surface area contributed by atoms with Crippen molar-refractivity contribution in [2.24, 2.45) is 0 Å². The van der Waals surface area contributed by atoms with Crippen molar-refractivity contribution in [2.45, 2.75) is 25.9 Å². The van der Waals surface area contributed by atoms with E-state index in [4.69, 9.17) is 9.26 Å². The molecule has 0 aliphatic carbocycles. The zero-order valence-electron chi connectivity index (χ0n) is 9.72. The van der Waals surface area contributed by atoms with Gasteiger partial charge in [0, 0.05) is 12.2 Å². The standard InChI is InChI=1S/C13H14N2O2/c1-9-4-6-10(7-5-9)12-14-13(17-15-12)11-3-2-8-16-11/h4-7,11H,2-3,8H2,1H3/t11-/m1/s1. The summed E-state index contributed by atoms with van der Waals surface area (Å²) in [5.41, 5.74) is 2.19. The number of aromatic nitrogens is 2. The number of ether oxygens (including phenoxy) is 1. The van der Waals surface area contributed by atoms with Gasteiger partial charge in [-0.1, -0.05) is 35.0 Å². The first-order valence-electron chi connectivity index (χ1n) is 5.85. The molecule has 0 radical (unpaired) electrons. The van der Waals surface area contributed by atoms with Gasteiger partial charge in [-0.05, 0) is 19.8 Å². The molecular weight excluding hydrogens is 216 g/mol. The van der Waals surface area contributed by atoms with Crippen LogP contribution in [0.15, 0.2) is 28.8 Å². The molecule has 4 nitrogen and oxygen atoms in total. The van der Waals surface area contributed by atoms with Crippen LogP contribution in [0.4, 0.5) is 0 Å². The molecule has 17 heavy (non-hydrogen) atoms. The first-order chi connectivity index (χ1) is 8.33. The molecule has 1 aliphatic rings. The smallest absolute Gasteiger partial charge is 0.256 e. The van der Waals surface area contributed by atoms with Crippen LogP contribution in [0.3, 0.4) is 0 Å². The molecule has 1 fully saturated rings. The third-order valence-corrected chi connectivity index (χ3v) is 2.96. The number of rotatable bonds is 2. The van der Waals surface area contributed by atoms with Gasteiger partial charge in [0.1, 0.15) is 6.10 Å². The maximum Gasteiger partial charge on any atom is 0.256 e. The third-order valence-electron chi connectivity index (χ3n) is 2.96. The molecule has 1 aromatic carbocycles. The lowest BCUT2D eigenvalue weighted by Crippen LogP contribution is -1.95. The van der Waals surface area contributed by atoms with Crippen LogP contribution in [0, 0.1) is 6.92 Å². The predicted octanol–water partition coefficient (Wildman–Crippen LogP) is 2.90. The molecule has 0 unspecified atom stereocenters. The number of hydrogen-bond donors (Lipinski definition) is 0. The summed E-state index contributed by atoms with van der Waals surface area (Å²) in [5, 5.41) is 3.99. The number of aryl methyl sites for hydroxylation is 1. The first kappa shape index (κ1) is 10.5. The molecule has 0 bridgehead atoms. The molecular formula is C13H14N2O2. The zero-order chi connectivity index (χ0) is 11.7. The molecule has 88 valence electrons. The van der Waals surface area contributed by atoms with Crippen molar-refractivity contribution in [3.63, 3.8) is 0 Å². The van der Waals surface area contributed by atoms with Crippen LogP contribution in [-0.4, -0.2) is 16.7 Å². The minimum Gasteiger partial charge on any atom is -0.368 e. The largest absolute Gasteiger partial charge is 0.368 e. The lowest BCUT2D eigenvalue weighted by atomic mass is 10.1. The third kappa shape index (κ3) is 2.08. The normalized spacial score (nSPS) is 19.7. The van der Waals surface area contributed by atoms with Crippen molar-refractivity contribution in [3.05, 3.63) is 35.7 Å². The van der Waals surface area contributed by atoms with Crippen molar-refractivity contribution in [1.82, 2.24) is 10.1 Å². The molecule has 3 rings (SSSR count). The summed E-state index contributed by atoms with van der Waals surface area (Å²) in [4.78, 5) is 4.39. The summed E-state index contributed by atoms with van der Waals surface area (Å²) in [6, 6.07) is 8.08. The minimum atomic E-state index is -0.0123. The second-order valence-electron chi connectivity index (χ2n) is 4.32. The second kappa shape index (κ2) is 4.30. The van der Waals surface area contributed by atoms with E-state index >= 15 is 0 Å². The van der Waals surface area contributed by atoms with E-state index < -0.39 is 0 Å². The zero-order valence-corrected chi connectivity index (χ0v) is 9.72. The maximum atomic E-state index is 5.51. The Morgan fingerprint density at radius 1 is 1.24 bits per heavy atom. The highest BCUT2D eigenvalue weighted by atomic mass is 16.5. The van der Waals surface area contributed by atoms with Crippen molar-refractivity contribution >= 4 is 0 Å². The van der Waals surface area contributed by atoms with E-state index in [1.54, 1.807) is 0 Å². The van der Waals surface area contributed by atoms with Crippen LogP contribution >= 0.6 is 0 Å². The van der Waals surface area contributed by atoms with Crippen molar-refractivity contribution in [2.75, 3.05) is 6.61 Å². The van der Waals surface area contributed by atoms with Crippen LogP contribution < -0.4 is 0 Å². The highest BCUT2D eigenvalue weighted by Gasteiger charge is 2.23. The lowest BCUT2D eigenvalue weighted by molar-refractivity contribution is 0.0835. The molecule has 0 spiro atoms. The van der Waals surface area contributed by atoms with E-state index in [9.17, 15) is 0 Å². The van der Waals surface area contributed by atoms with Gasteiger partial charge in [-0.2, -0.15) is 4.98 Å². The molecule has 4 heteroatoms. The molecule has 0 amide bonds. The van der Waals surface area contributed by atoms with E-state index in [2.05, 4.69) is 17.1 Å². The average molecular weight is 230 g/mol. The summed E-state index contributed by atoms with van der Waals surface area (Å²) in [5.74, 6) is 1.23. The van der Waals surface area contributed by atoms with Gasteiger partial charge < -0.3 is 9.26 Å². The Morgan fingerprint density at radius 2 is 2.06 bits per heavy atom. The second-order valence-corrected chi connectivity index (χ2v) is 4.32. The SMILES string of the molecule is Cc1ccc(-c2noc([C@H]3CCCO3)n2)cc1. The van der Waals surface area contributed by atoms with Crippen LogP contribution in [-0.2, 0) is 4.74 Å². The fourth-order valence-electron chi connectivity index (χ4n) is 1.96. The molecule has 2 aromatic rings.